The highest BCUT2D eigenvalue weighted by Gasteiger charge is 2.47. The monoisotopic (exact) mass is 267 g/mol. The van der Waals surface area contributed by atoms with Crippen molar-refractivity contribution in [1.82, 2.24) is 0 Å². The predicted molar refractivity (Wildman–Crippen MR) is 66.9 cm³/mol. The number of hydrogen-bond acceptors (Lipinski definition) is 5. The Balaban J connectivity index is 1.99. The van der Waals surface area contributed by atoms with Crippen LogP contribution in [0.15, 0.2) is 0 Å². The largest absolute Gasteiger partial charge is 0.463 e. The van der Waals surface area contributed by atoms with Gasteiger partial charge in [0.25, 0.3) is 0 Å². The molecule has 0 aliphatic carbocycles. The van der Waals surface area contributed by atoms with Crippen LogP contribution in [0, 0.1) is 22.7 Å². The zero-order chi connectivity index (χ0) is 13.9. The van der Waals surface area contributed by atoms with E-state index in [1.807, 2.05) is 13.8 Å². The number of hydrogen-bond donors (Lipinski definition) is 0. The summed E-state index contributed by atoms with van der Waals surface area (Å²) in [6.45, 7) is 4.94. The van der Waals surface area contributed by atoms with Gasteiger partial charge in [0.2, 0.25) is 0 Å². The van der Waals surface area contributed by atoms with Crippen LogP contribution in [0.4, 0.5) is 0 Å². The van der Waals surface area contributed by atoms with Gasteiger partial charge in [-0.05, 0) is 19.3 Å². The second-order valence-electron chi connectivity index (χ2n) is 5.95. The van der Waals surface area contributed by atoms with Crippen LogP contribution in [-0.2, 0) is 19.0 Å². The maximum absolute atomic E-state index is 11.7. The Morgan fingerprint density at radius 1 is 1.53 bits per heavy atom. The Kier molecular flexibility index (Phi) is 4.43. The number of ether oxygens (including phenoxy) is 3. The van der Waals surface area contributed by atoms with Gasteiger partial charge in [0.05, 0.1) is 12.7 Å². The fourth-order valence-electron chi connectivity index (χ4n) is 2.60. The fourth-order valence-corrected chi connectivity index (χ4v) is 2.60. The molecule has 0 bridgehead atoms. The molecule has 5 heteroatoms. The van der Waals surface area contributed by atoms with Crippen LogP contribution in [0.1, 0.15) is 39.5 Å². The maximum Gasteiger partial charge on any atom is 0.336 e. The molecule has 0 unspecified atom stereocenters. The molecule has 2 fully saturated rings. The summed E-state index contributed by atoms with van der Waals surface area (Å²) in [6, 6.07) is 2.15. The van der Waals surface area contributed by atoms with Crippen molar-refractivity contribution >= 4 is 5.97 Å². The first kappa shape index (κ1) is 14.3. The van der Waals surface area contributed by atoms with Gasteiger partial charge in [0.1, 0.15) is 0 Å². The molecule has 106 valence electrons. The molecule has 0 aromatic rings. The lowest BCUT2D eigenvalue weighted by Crippen LogP contribution is -2.41. The molecule has 2 heterocycles. The lowest BCUT2D eigenvalue weighted by Gasteiger charge is -2.34. The summed E-state index contributed by atoms with van der Waals surface area (Å²) in [4.78, 5) is 11.7. The second kappa shape index (κ2) is 5.89. The smallest absolute Gasteiger partial charge is 0.336 e. The zero-order valence-electron chi connectivity index (χ0n) is 11.6. The van der Waals surface area contributed by atoms with Gasteiger partial charge in [-0.2, -0.15) is 5.26 Å². The second-order valence-corrected chi connectivity index (χ2v) is 5.95. The van der Waals surface area contributed by atoms with Crippen LogP contribution in [0.25, 0.3) is 0 Å². The third-order valence-corrected chi connectivity index (χ3v) is 3.79. The Bertz CT molecular complexity index is 374. The van der Waals surface area contributed by atoms with E-state index in [0.717, 1.165) is 19.3 Å². The topological polar surface area (TPSA) is 68.6 Å². The van der Waals surface area contributed by atoms with E-state index in [1.54, 1.807) is 0 Å². The highest BCUT2D eigenvalue weighted by molar-refractivity contribution is 5.77. The minimum atomic E-state index is -0.569. The third-order valence-electron chi connectivity index (χ3n) is 3.79. The Labute approximate surface area is 113 Å². The summed E-state index contributed by atoms with van der Waals surface area (Å²) in [6.07, 6.45) is 2.25. The van der Waals surface area contributed by atoms with Crippen molar-refractivity contribution in [1.29, 1.82) is 5.26 Å². The molecule has 2 rings (SSSR count). The first-order valence-corrected chi connectivity index (χ1v) is 6.85. The molecule has 2 aliphatic rings. The molecule has 5 nitrogen and oxygen atoms in total. The summed E-state index contributed by atoms with van der Waals surface area (Å²) in [5.41, 5.74) is -0.322. The van der Waals surface area contributed by atoms with Gasteiger partial charge in [0.15, 0.2) is 12.4 Å². The molecule has 0 saturated carbocycles. The number of nitrogens with zero attached hydrogens (tertiary/aromatic N) is 1. The van der Waals surface area contributed by atoms with Gasteiger partial charge in [-0.15, -0.1) is 0 Å². The highest BCUT2D eigenvalue weighted by atomic mass is 16.7. The Morgan fingerprint density at radius 2 is 2.32 bits per heavy atom. The van der Waals surface area contributed by atoms with Gasteiger partial charge < -0.3 is 14.2 Å². The molecule has 0 spiro atoms. The van der Waals surface area contributed by atoms with Crippen LogP contribution in [-0.4, -0.2) is 31.6 Å². The van der Waals surface area contributed by atoms with Crippen molar-refractivity contribution in [3.63, 3.8) is 0 Å². The van der Waals surface area contributed by atoms with Gasteiger partial charge in [-0.25, -0.2) is 4.79 Å². The van der Waals surface area contributed by atoms with Crippen LogP contribution in [0.3, 0.4) is 0 Å². The van der Waals surface area contributed by atoms with E-state index in [4.69, 9.17) is 19.5 Å². The summed E-state index contributed by atoms with van der Waals surface area (Å²) in [5, 5.41) is 8.69. The van der Waals surface area contributed by atoms with E-state index in [9.17, 15) is 4.79 Å². The van der Waals surface area contributed by atoms with Crippen molar-refractivity contribution in [2.45, 2.75) is 51.9 Å². The summed E-state index contributed by atoms with van der Waals surface area (Å²) in [5.74, 6) is -0.115. The van der Waals surface area contributed by atoms with Crippen LogP contribution >= 0.6 is 0 Å². The van der Waals surface area contributed by atoms with Crippen LogP contribution in [0.5, 0.6) is 0 Å². The zero-order valence-corrected chi connectivity index (χ0v) is 11.6. The van der Waals surface area contributed by atoms with E-state index in [-0.39, 0.29) is 17.3 Å². The SMILES string of the molecule is CC1(C)COC(=O)[C@@H]1O[C@@H]1OCCC[C@H]1CCC#N. The molecule has 0 radical (unpaired) electrons. The van der Waals surface area contributed by atoms with Crippen molar-refractivity contribution < 1.29 is 19.0 Å². The van der Waals surface area contributed by atoms with Crippen LogP contribution < -0.4 is 0 Å². The minimum Gasteiger partial charge on any atom is -0.463 e. The molecular weight excluding hydrogens is 246 g/mol. The van der Waals surface area contributed by atoms with Crippen molar-refractivity contribution in [3.05, 3.63) is 0 Å². The molecule has 0 aromatic carbocycles. The van der Waals surface area contributed by atoms with E-state index in [1.165, 1.54) is 0 Å². The van der Waals surface area contributed by atoms with Crippen molar-refractivity contribution in [3.8, 4) is 6.07 Å². The van der Waals surface area contributed by atoms with Gasteiger partial charge in [0, 0.05) is 24.4 Å². The number of nitriles is 1. The molecule has 0 N–H and O–H groups in total. The molecule has 2 saturated heterocycles. The highest BCUT2D eigenvalue weighted by Crippen LogP contribution is 2.35. The van der Waals surface area contributed by atoms with E-state index < -0.39 is 12.4 Å². The van der Waals surface area contributed by atoms with E-state index in [0.29, 0.717) is 19.6 Å². The lowest BCUT2D eigenvalue weighted by molar-refractivity contribution is -0.226. The Morgan fingerprint density at radius 3 is 2.95 bits per heavy atom. The number of carbonyl (C=O) groups excluding carboxylic acids is 1. The van der Waals surface area contributed by atoms with Crippen LogP contribution in [0.2, 0.25) is 0 Å². The third kappa shape index (κ3) is 3.26. The molecule has 3 atom stereocenters. The number of cyclic esters (lactones) is 1. The average Bonchev–Trinajstić information content (AvgIpc) is 2.64. The maximum atomic E-state index is 11.7. The Hall–Kier alpha value is -1.12. The molecule has 0 aromatic heterocycles. The number of esters is 1. The molecular formula is C14H21NO4. The van der Waals surface area contributed by atoms with Crippen molar-refractivity contribution in [2.24, 2.45) is 11.3 Å². The number of carbonyl (C=O) groups is 1. The lowest BCUT2D eigenvalue weighted by atomic mass is 9.89. The van der Waals surface area contributed by atoms with E-state index >= 15 is 0 Å². The van der Waals surface area contributed by atoms with Crippen molar-refractivity contribution in [2.75, 3.05) is 13.2 Å². The van der Waals surface area contributed by atoms with Gasteiger partial charge >= 0.3 is 5.97 Å². The first-order valence-electron chi connectivity index (χ1n) is 6.85. The molecule has 0 amide bonds. The van der Waals surface area contributed by atoms with Gasteiger partial charge in [-0.1, -0.05) is 13.8 Å². The average molecular weight is 267 g/mol. The standard InChI is InChI=1S/C14H21NO4/c1-14(2)9-18-12(16)11(14)19-13-10(5-3-7-15)6-4-8-17-13/h10-11,13H,3-6,8-9H2,1-2H3/t10-,11+,13+/m1/s1. The predicted octanol–water partition coefficient (Wildman–Crippen LogP) is 2.01. The normalized spacial score (nSPS) is 33.7. The van der Waals surface area contributed by atoms with Gasteiger partial charge in [-0.3, -0.25) is 0 Å². The summed E-state index contributed by atoms with van der Waals surface area (Å²) >= 11 is 0. The van der Waals surface area contributed by atoms with E-state index in [2.05, 4.69) is 6.07 Å². The summed E-state index contributed by atoms with van der Waals surface area (Å²) in [7, 11) is 0. The minimum absolute atomic E-state index is 0.192. The summed E-state index contributed by atoms with van der Waals surface area (Å²) < 4.78 is 16.6. The first-order chi connectivity index (χ1) is 9.04. The fraction of sp³-hybridized carbons (Fsp3) is 0.857. The molecule has 19 heavy (non-hydrogen) atoms. The number of rotatable bonds is 4. The molecule has 2 aliphatic heterocycles. The quantitative estimate of drug-likeness (QED) is 0.729.